The number of halogens is 1. The van der Waals surface area contributed by atoms with Crippen molar-refractivity contribution in [1.29, 1.82) is 0 Å². The van der Waals surface area contributed by atoms with Gasteiger partial charge in [0.2, 0.25) is 17.6 Å². The van der Waals surface area contributed by atoms with Crippen LogP contribution < -0.4 is 0 Å². The van der Waals surface area contributed by atoms with E-state index in [-0.39, 0.29) is 11.9 Å². The van der Waals surface area contributed by atoms with E-state index in [0.717, 1.165) is 14.9 Å². The number of carbonyl (C=O) groups excluding carboxylic acids is 1. The lowest BCUT2D eigenvalue weighted by molar-refractivity contribution is -0.129. The van der Waals surface area contributed by atoms with Crippen molar-refractivity contribution in [1.82, 2.24) is 15.0 Å². The first-order valence-electron chi connectivity index (χ1n) is 7.62. The molecule has 1 aliphatic rings. The number of nitrogens with zero attached hydrogens (tertiary/aromatic N) is 3. The number of hydrogen-bond donors (Lipinski definition) is 0. The molecular weight excluding hydrogens is 390 g/mol. The third-order valence-electron chi connectivity index (χ3n) is 4.04. The molecule has 0 radical (unpaired) electrons. The zero-order chi connectivity index (χ0) is 16.5. The second kappa shape index (κ2) is 6.49. The Morgan fingerprint density at radius 2 is 2.25 bits per heavy atom. The first kappa shape index (κ1) is 15.5. The van der Waals surface area contributed by atoms with Gasteiger partial charge in [0.05, 0.1) is 4.88 Å². The van der Waals surface area contributed by atoms with Crippen molar-refractivity contribution < 1.29 is 9.32 Å². The van der Waals surface area contributed by atoms with Crippen molar-refractivity contribution in [2.75, 3.05) is 0 Å². The Labute approximate surface area is 151 Å². The van der Waals surface area contributed by atoms with Gasteiger partial charge >= 0.3 is 0 Å². The van der Waals surface area contributed by atoms with Gasteiger partial charge in [-0.1, -0.05) is 39.3 Å². The summed E-state index contributed by atoms with van der Waals surface area (Å²) in [7, 11) is 0. The predicted molar refractivity (Wildman–Crippen MR) is 94.3 cm³/mol. The Balaban J connectivity index is 1.59. The van der Waals surface area contributed by atoms with Crippen LogP contribution in [0, 0.1) is 0 Å². The van der Waals surface area contributed by atoms with E-state index in [1.165, 1.54) is 0 Å². The Hall–Kier alpha value is -1.99. The van der Waals surface area contributed by atoms with Crippen LogP contribution >= 0.6 is 27.3 Å². The van der Waals surface area contributed by atoms with Crippen LogP contribution in [0.15, 0.2) is 50.8 Å². The molecule has 5 nitrogen and oxygen atoms in total. The molecule has 0 bridgehead atoms. The van der Waals surface area contributed by atoms with Gasteiger partial charge in [-0.15, -0.1) is 11.3 Å². The lowest BCUT2D eigenvalue weighted by atomic mass is 10.2. The number of carbonyl (C=O) groups is 1. The minimum atomic E-state index is -0.155. The summed E-state index contributed by atoms with van der Waals surface area (Å²) < 4.78 is 6.46. The van der Waals surface area contributed by atoms with E-state index in [4.69, 9.17) is 4.52 Å². The highest BCUT2D eigenvalue weighted by atomic mass is 79.9. The zero-order valence-corrected chi connectivity index (χ0v) is 15.1. The van der Waals surface area contributed by atoms with Crippen molar-refractivity contribution in [3.63, 3.8) is 0 Å². The Morgan fingerprint density at radius 1 is 1.33 bits per heavy atom. The van der Waals surface area contributed by atoms with Crippen LogP contribution in [-0.2, 0) is 11.3 Å². The molecular formula is C17H14BrN3O2S. The van der Waals surface area contributed by atoms with Crippen LogP contribution in [0.2, 0.25) is 0 Å². The van der Waals surface area contributed by atoms with Gasteiger partial charge in [0, 0.05) is 17.4 Å². The van der Waals surface area contributed by atoms with Gasteiger partial charge in [0.1, 0.15) is 6.04 Å². The molecule has 4 rings (SSSR count). The highest BCUT2D eigenvalue weighted by molar-refractivity contribution is 9.10. The molecule has 24 heavy (non-hydrogen) atoms. The molecule has 1 aliphatic heterocycles. The van der Waals surface area contributed by atoms with Crippen LogP contribution in [0.5, 0.6) is 0 Å². The number of amides is 1. The molecule has 1 amide bonds. The summed E-state index contributed by atoms with van der Waals surface area (Å²) in [5.74, 6) is 1.22. The fourth-order valence-corrected chi connectivity index (χ4v) is 3.99. The van der Waals surface area contributed by atoms with Gasteiger partial charge in [-0.3, -0.25) is 4.79 Å². The average molecular weight is 404 g/mol. The molecule has 7 heteroatoms. The molecule has 1 unspecified atom stereocenters. The van der Waals surface area contributed by atoms with E-state index >= 15 is 0 Å². The third-order valence-corrected chi connectivity index (χ3v) is 5.40. The number of hydrogen-bond acceptors (Lipinski definition) is 5. The van der Waals surface area contributed by atoms with E-state index in [2.05, 4.69) is 26.1 Å². The summed E-state index contributed by atoms with van der Waals surface area (Å²) in [4.78, 5) is 19.6. The zero-order valence-electron chi connectivity index (χ0n) is 12.7. The molecule has 1 atom stereocenters. The van der Waals surface area contributed by atoms with Gasteiger partial charge in [0.15, 0.2) is 0 Å². The van der Waals surface area contributed by atoms with Gasteiger partial charge in [-0.05, 0) is 35.6 Å². The number of aromatic nitrogens is 2. The number of thiophene rings is 1. The quantitative estimate of drug-likeness (QED) is 0.646. The maximum absolute atomic E-state index is 12.3. The van der Waals surface area contributed by atoms with Crippen molar-refractivity contribution in [3.8, 4) is 10.7 Å². The highest BCUT2D eigenvalue weighted by Crippen LogP contribution is 2.34. The fraction of sp³-hybridized carbons (Fsp3) is 0.235. The van der Waals surface area contributed by atoms with Crippen LogP contribution in [0.4, 0.5) is 0 Å². The minimum Gasteiger partial charge on any atom is -0.337 e. The molecule has 122 valence electrons. The fourth-order valence-electron chi connectivity index (χ4n) is 2.90. The average Bonchev–Trinajstić information content (AvgIpc) is 3.29. The summed E-state index contributed by atoms with van der Waals surface area (Å²) in [6.45, 7) is 0.541. The summed E-state index contributed by atoms with van der Waals surface area (Å²) in [5, 5.41) is 6.04. The van der Waals surface area contributed by atoms with Crippen LogP contribution in [0.3, 0.4) is 0 Å². The minimum absolute atomic E-state index is 0.121. The topological polar surface area (TPSA) is 59.2 Å². The van der Waals surface area contributed by atoms with E-state index in [1.54, 1.807) is 11.3 Å². The van der Waals surface area contributed by atoms with E-state index in [9.17, 15) is 4.79 Å². The van der Waals surface area contributed by atoms with Gasteiger partial charge in [0.25, 0.3) is 0 Å². The van der Waals surface area contributed by atoms with Crippen LogP contribution in [0.25, 0.3) is 10.7 Å². The SMILES string of the molecule is O=C1CCC(c2nc(-c3cccs3)no2)N1Cc1cccc(Br)c1. The smallest absolute Gasteiger partial charge is 0.249 e. The Bertz CT molecular complexity index is 862. The van der Waals surface area contributed by atoms with Crippen molar-refractivity contribution in [2.24, 2.45) is 0 Å². The second-order valence-electron chi connectivity index (χ2n) is 5.64. The summed E-state index contributed by atoms with van der Waals surface area (Å²) in [6.07, 6.45) is 1.22. The monoisotopic (exact) mass is 403 g/mol. The number of likely N-dealkylation sites (tertiary alicyclic amines) is 1. The molecule has 3 heterocycles. The second-order valence-corrected chi connectivity index (χ2v) is 7.50. The van der Waals surface area contributed by atoms with Crippen molar-refractivity contribution in [3.05, 3.63) is 57.7 Å². The summed E-state index contributed by atoms with van der Waals surface area (Å²) >= 11 is 5.04. The number of benzene rings is 1. The lowest BCUT2D eigenvalue weighted by Crippen LogP contribution is -2.27. The third kappa shape index (κ3) is 3.01. The van der Waals surface area contributed by atoms with Crippen LogP contribution in [0.1, 0.15) is 30.3 Å². The van der Waals surface area contributed by atoms with Crippen LogP contribution in [-0.4, -0.2) is 20.9 Å². The van der Waals surface area contributed by atoms with Gasteiger partial charge < -0.3 is 9.42 Å². The maximum Gasteiger partial charge on any atom is 0.249 e. The molecule has 0 aliphatic carbocycles. The predicted octanol–water partition coefficient (Wildman–Crippen LogP) is 4.42. The summed E-state index contributed by atoms with van der Waals surface area (Å²) in [5.41, 5.74) is 1.07. The highest BCUT2D eigenvalue weighted by Gasteiger charge is 2.36. The molecule has 0 spiro atoms. The van der Waals surface area contributed by atoms with E-state index in [0.29, 0.717) is 31.1 Å². The van der Waals surface area contributed by atoms with Crippen molar-refractivity contribution >= 4 is 33.2 Å². The molecule has 0 N–H and O–H groups in total. The largest absolute Gasteiger partial charge is 0.337 e. The number of rotatable bonds is 4. The van der Waals surface area contributed by atoms with Crippen molar-refractivity contribution in [2.45, 2.75) is 25.4 Å². The van der Waals surface area contributed by atoms with Gasteiger partial charge in [-0.25, -0.2) is 0 Å². The maximum atomic E-state index is 12.3. The van der Waals surface area contributed by atoms with E-state index < -0.39 is 0 Å². The molecule has 1 aromatic carbocycles. The molecule has 0 saturated carbocycles. The Kier molecular flexibility index (Phi) is 4.20. The lowest BCUT2D eigenvalue weighted by Gasteiger charge is -2.22. The first-order chi connectivity index (χ1) is 11.7. The molecule has 3 aromatic rings. The molecule has 1 fully saturated rings. The standard InChI is InChI=1S/C17H14BrN3O2S/c18-12-4-1-3-11(9-12)10-21-13(6-7-15(21)22)17-19-16(20-23-17)14-5-2-8-24-14/h1-5,8-9,13H,6-7,10H2. The molecule has 1 saturated heterocycles. The first-order valence-corrected chi connectivity index (χ1v) is 9.29. The Morgan fingerprint density at radius 3 is 3.04 bits per heavy atom. The van der Waals surface area contributed by atoms with E-state index in [1.807, 2.05) is 46.7 Å². The summed E-state index contributed by atoms with van der Waals surface area (Å²) in [6, 6.07) is 11.7. The molecule has 2 aromatic heterocycles. The van der Waals surface area contributed by atoms with Gasteiger partial charge in [-0.2, -0.15) is 4.98 Å². The normalized spacial score (nSPS) is 17.6.